The first kappa shape index (κ1) is 14.1. The second-order valence-corrected chi connectivity index (χ2v) is 5.00. The molecule has 0 saturated heterocycles. The summed E-state index contributed by atoms with van der Waals surface area (Å²) in [4.78, 5) is 8.75. The largest absolute Gasteiger partial charge is 0.381 e. The second-order valence-electron chi connectivity index (χ2n) is 5.00. The highest BCUT2D eigenvalue weighted by Gasteiger charge is 2.29. The maximum atomic E-state index is 5.31. The Balaban J connectivity index is 2.08. The number of ether oxygens (including phenoxy) is 1. The fourth-order valence-electron chi connectivity index (χ4n) is 2.41. The molecular weight excluding hydrogens is 240 g/mol. The van der Waals surface area contributed by atoms with Crippen molar-refractivity contribution in [2.24, 2.45) is 0 Å². The normalized spacial score (nSPS) is 21.8. The number of nitrogens with one attached hydrogen (secondary N) is 2. The van der Waals surface area contributed by atoms with Crippen molar-refractivity contribution < 1.29 is 4.74 Å². The van der Waals surface area contributed by atoms with E-state index in [1.54, 1.807) is 13.4 Å². The molecule has 1 aromatic rings. The fourth-order valence-corrected chi connectivity index (χ4v) is 2.41. The van der Waals surface area contributed by atoms with Crippen LogP contribution >= 0.6 is 0 Å². The number of aromatic nitrogens is 2. The first-order valence-corrected chi connectivity index (χ1v) is 7.15. The molecule has 1 fully saturated rings. The molecule has 5 nitrogen and oxygen atoms in total. The molecule has 1 aliphatic rings. The molecule has 0 atom stereocenters. The van der Waals surface area contributed by atoms with Gasteiger partial charge in [-0.2, -0.15) is 0 Å². The van der Waals surface area contributed by atoms with Crippen LogP contribution in [0.1, 0.15) is 38.7 Å². The van der Waals surface area contributed by atoms with Crippen LogP contribution in [-0.4, -0.2) is 35.8 Å². The summed E-state index contributed by atoms with van der Waals surface area (Å²) in [5, 5.41) is 6.84. The lowest BCUT2D eigenvalue weighted by Gasteiger charge is -2.35. The topological polar surface area (TPSA) is 59.1 Å². The summed E-state index contributed by atoms with van der Waals surface area (Å²) < 4.78 is 5.31. The number of anilines is 2. The molecule has 5 heteroatoms. The van der Waals surface area contributed by atoms with Gasteiger partial charge in [0.1, 0.15) is 18.0 Å². The minimum Gasteiger partial charge on any atom is -0.381 e. The van der Waals surface area contributed by atoms with Gasteiger partial charge in [-0.05, 0) is 26.2 Å². The number of hydrogen-bond donors (Lipinski definition) is 2. The molecule has 0 radical (unpaired) electrons. The van der Waals surface area contributed by atoms with E-state index >= 15 is 0 Å². The molecule has 0 amide bonds. The summed E-state index contributed by atoms with van der Waals surface area (Å²) in [7, 11) is 1.78. The molecule has 0 spiro atoms. The van der Waals surface area contributed by atoms with Gasteiger partial charge in [0.25, 0.3) is 0 Å². The van der Waals surface area contributed by atoms with Gasteiger partial charge in [0.2, 0.25) is 0 Å². The predicted molar refractivity (Wildman–Crippen MR) is 77.6 cm³/mol. The summed E-state index contributed by atoms with van der Waals surface area (Å²) in [6.45, 7) is 5.14. The van der Waals surface area contributed by atoms with Gasteiger partial charge in [0, 0.05) is 25.3 Å². The van der Waals surface area contributed by atoms with E-state index in [1.165, 1.54) is 5.56 Å². The van der Waals surface area contributed by atoms with Crippen LogP contribution in [0.3, 0.4) is 0 Å². The van der Waals surface area contributed by atoms with Gasteiger partial charge in [0.05, 0.1) is 6.10 Å². The standard InChI is InChI=1S/C14H24N4O/c1-4-6-12-13(15-5-2)16-9-17-14(12)18-10-7-11(8-10)19-3/h9-11H,4-8H2,1-3H3,(H2,15,16,17,18). The van der Waals surface area contributed by atoms with Gasteiger partial charge in [-0.3, -0.25) is 0 Å². The Labute approximate surface area is 115 Å². The van der Waals surface area contributed by atoms with Gasteiger partial charge in [0.15, 0.2) is 0 Å². The summed E-state index contributed by atoms with van der Waals surface area (Å²) in [6, 6.07) is 0.477. The third-order valence-corrected chi connectivity index (χ3v) is 3.56. The highest BCUT2D eigenvalue weighted by molar-refractivity contribution is 5.58. The van der Waals surface area contributed by atoms with Crippen molar-refractivity contribution in [2.45, 2.75) is 51.7 Å². The highest BCUT2D eigenvalue weighted by atomic mass is 16.5. The van der Waals surface area contributed by atoms with Crippen LogP contribution in [0.2, 0.25) is 0 Å². The van der Waals surface area contributed by atoms with Crippen LogP contribution in [0, 0.1) is 0 Å². The zero-order valence-electron chi connectivity index (χ0n) is 12.1. The zero-order chi connectivity index (χ0) is 13.7. The van der Waals surface area contributed by atoms with E-state index in [1.807, 2.05) is 0 Å². The molecule has 106 valence electrons. The molecule has 1 saturated carbocycles. The molecule has 2 rings (SSSR count). The third kappa shape index (κ3) is 3.35. The van der Waals surface area contributed by atoms with E-state index < -0.39 is 0 Å². The van der Waals surface area contributed by atoms with Gasteiger partial charge < -0.3 is 15.4 Å². The van der Waals surface area contributed by atoms with Gasteiger partial charge in [-0.25, -0.2) is 9.97 Å². The predicted octanol–water partition coefficient (Wildman–Crippen LogP) is 2.45. The van der Waals surface area contributed by atoms with Crippen molar-refractivity contribution in [3.63, 3.8) is 0 Å². The first-order valence-electron chi connectivity index (χ1n) is 7.15. The monoisotopic (exact) mass is 264 g/mol. The number of methoxy groups -OCH3 is 1. The maximum absolute atomic E-state index is 5.31. The molecule has 1 heterocycles. The molecule has 2 N–H and O–H groups in total. The Bertz CT molecular complexity index is 404. The van der Waals surface area contributed by atoms with Crippen molar-refractivity contribution in [3.05, 3.63) is 11.9 Å². The second kappa shape index (κ2) is 6.70. The Morgan fingerprint density at radius 3 is 2.63 bits per heavy atom. The van der Waals surface area contributed by atoms with Crippen molar-refractivity contribution in [1.29, 1.82) is 0 Å². The average Bonchev–Trinajstić information content (AvgIpc) is 2.37. The molecule has 0 unspecified atom stereocenters. The summed E-state index contributed by atoms with van der Waals surface area (Å²) in [5.41, 5.74) is 1.20. The van der Waals surface area contributed by atoms with Crippen molar-refractivity contribution in [2.75, 3.05) is 24.3 Å². The molecule has 1 aromatic heterocycles. The summed E-state index contributed by atoms with van der Waals surface area (Å²) >= 11 is 0. The van der Waals surface area contributed by atoms with Crippen LogP contribution in [0.5, 0.6) is 0 Å². The lowest BCUT2D eigenvalue weighted by atomic mass is 9.89. The first-order chi connectivity index (χ1) is 9.28. The smallest absolute Gasteiger partial charge is 0.134 e. The summed E-state index contributed by atoms with van der Waals surface area (Å²) in [5.74, 6) is 1.94. The Morgan fingerprint density at radius 1 is 1.26 bits per heavy atom. The quantitative estimate of drug-likeness (QED) is 0.792. The van der Waals surface area contributed by atoms with Crippen molar-refractivity contribution in [3.8, 4) is 0 Å². The van der Waals surface area contributed by atoms with E-state index in [-0.39, 0.29) is 0 Å². The highest BCUT2D eigenvalue weighted by Crippen LogP contribution is 2.29. The Kier molecular flexibility index (Phi) is 4.96. The lowest BCUT2D eigenvalue weighted by molar-refractivity contribution is 0.0327. The molecule has 0 aromatic carbocycles. The van der Waals surface area contributed by atoms with Crippen LogP contribution < -0.4 is 10.6 Å². The molecule has 0 aliphatic heterocycles. The Morgan fingerprint density at radius 2 is 2.00 bits per heavy atom. The lowest BCUT2D eigenvalue weighted by Crippen LogP contribution is -2.40. The molecule has 0 bridgehead atoms. The van der Waals surface area contributed by atoms with Gasteiger partial charge in [-0.1, -0.05) is 13.3 Å². The van der Waals surface area contributed by atoms with E-state index in [9.17, 15) is 0 Å². The fraction of sp³-hybridized carbons (Fsp3) is 0.714. The third-order valence-electron chi connectivity index (χ3n) is 3.56. The maximum Gasteiger partial charge on any atom is 0.134 e. The number of rotatable bonds is 7. The zero-order valence-corrected chi connectivity index (χ0v) is 12.1. The van der Waals surface area contributed by atoms with Gasteiger partial charge in [-0.15, -0.1) is 0 Å². The molecular formula is C14H24N4O. The summed E-state index contributed by atoms with van der Waals surface area (Å²) in [6.07, 6.45) is 6.23. The van der Waals surface area contributed by atoms with Gasteiger partial charge >= 0.3 is 0 Å². The SMILES string of the molecule is CCCc1c(NCC)ncnc1NC1CC(OC)C1. The van der Waals surface area contributed by atoms with E-state index in [0.717, 1.165) is 43.9 Å². The van der Waals surface area contributed by atoms with Crippen LogP contribution in [-0.2, 0) is 11.2 Å². The number of hydrogen-bond acceptors (Lipinski definition) is 5. The average molecular weight is 264 g/mol. The van der Waals surface area contributed by atoms with E-state index in [2.05, 4.69) is 34.4 Å². The van der Waals surface area contributed by atoms with Crippen LogP contribution in [0.4, 0.5) is 11.6 Å². The minimum absolute atomic E-state index is 0.405. The van der Waals surface area contributed by atoms with E-state index in [0.29, 0.717) is 12.1 Å². The molecule has 1 aliphatic carbocycles. The minimum atomic E-state index is 0.405. The van der Waals surface area contributed by atoms with Crippen molar-refractivity contribution >= 4 is 11.6 Å². The van der Waals surface area contributed by atoms with Crippen molar-refractivity contribution in [1.82, 2.24) is 9.97 Å². The Hall–Kier alpha value is -1.36. The van der Waals surface area contributed by atoms with Crippen LogP contribution in [0.25, 0.3) is 0 Å². The molecule has 19 heavy (non-hydrogen) atoms. The number of nitrogens with zero attached hydrogens (tertiary/aromatic N) is 2. The van der Waals surface area contributed by atoms with E-state index in [4.69, 9.17) is 4.74 Å². The van der Waals surface area contributed by atoms with Crippen LogP contribution in [0.15, 0.2) is 6.33 Å².